The lowest BCUT2D eigenvalue weighted by atomic mass is 9.86. The molecule has 18 heavy (non-hydrogen) atoms. The van der Waals surface area contributed by atoms with E-state index in [0.29, 0.717) is 0 Å². The van der Waals surface area contributed by atoms with Gasteiger partial charge in [-0.25, -0.2) is 0 Å². The maximum Gasteiger partial charge on any atom is 0.144 e. The maximum atomic E-state index is 8.65. The van der Waals surface area contributed by atoms with Crippen molar-refractivity contribution in [2.75, 3.05) is 13.1 Å². The molecule has 0 saturated heterocycles. The zero-order valence-corrected chi connectivity index (χ0v) is 11.1. The molecule has 5 nitrogen and oxygen atoms in total. The molecule has 0 radical (unpaired) electrons. The Morgan fingerprint density at radius 3 is 2.89 bits per heavy atom. The standard InChI is InChI=1S/C13H23N3O2/c1-13(2,12(14)16-17)7-4-8-15-9-6-11-5-3-10-18-11/h3,5,10,15,17H,4,6-9H2,1-2H3,(H2,14,16). The summed E-state index contributed by atoms with van der Waals surface area (Å²) in [5, 5.41) is 15.1. The van der Waals surface area contributed by atoms with Crippen LogP contribution in [-0.2, 0) is 6.42 Å². The Balaban J connectivity index is 2.08. The minimum atomic E-state index is -0.253. The van der Waals surface area contributed by atoms with Crippen LogP contribution in [0.4, 0.5) is 0 Å². The lowest BCUT2D eigenvalue weighted by molar-refractivity contribution is 0.304. The number of oxime groups is 1. The third-order valence-corrected chi connectivity index (χ3v) is 3.08. The second-order valence-corrected chi connectivity index (χ2v) is 5.05. The fraction of sp³-hybridized carbons (Fsp3) is 0.615. The van der Waals surface area contributed by atoms with Gasteiger partial charge in [0.15, 0.2) is 0 Å². The van der Waals surface area contributed by atoms with E-state index in [0.717, 1.165) is 38.1 Å². The van der Waals surface area contributed by atoms with Crippen LogP contribution >= 0.6 is 0 Å². The molecular weight excluding hydrogens is 230 g/mol. The summed E-state index contributed by atoms with van der Waals surface area (Å²) in [5.41, 5.74) is 5.37. The maximum absolute atomic E-state index is 8.65. The van der Waals surface area contributed by atoms with Crippen molar-refractivity contribution in [2.45, 2.75) is 33.1 Å². The lowest BCUT2D eigenvalue weighted by Gasteiger charge is -2.22. The normalized spacial score (nSPS) is 12.9. The molecule has 1 aromatic rings. The molecule has 0 aromatic carbocycles. The molecule has 0 spiro atoms. The van der Waals surface area contributed by atoms with Gasteiger partial charge in [-0.3, -0.25) is 0 Å². The van der Waals surface area contributed by atoms with Gasteiger partial charge in [-0.1, -0.05) is 19.0 Å². The van der Waals surface area contributed by atoms with Gasteiger partial charge in [0.05, 0.1) is 6.26 Å². The first kappa shape index (κ1) is 14.6. The second kappa shape index (κ2) is 7.06. The van der Waals surface area contributed by atoms with Crippen molar-refractivity contribution in [3.05, 3.63) is 24.2 Å². The van der Waals surface area contributed by atoms with Crippen LogP contribution in [0.5, 0.6) is 0 Å². The number of nitrogens with two attached hydrogens (primary N) is 1. The van der Waals surface area contributed by atoms with Gasteiger partial charge in [0.25, 0.3) is 0 Å². The minimum Gasteiger partial charge on any atom is -0.469 e. The number of nitrogens with zero attached hydrogens (tertiary/aromatic N) is 1. The zero-order chi connectivity index (χ0) is 13.4. The molecule has 0 unspecified atom stereocenters. The topological polar surface area (TPSA) is 83.8 Å². The Labute approximate surface area is 108 Å². The largest absolute Gasteiger partial charge is 0.469 e. The fourth-order valence-electron chi connectivity index (χ4n) is 1.71. The number of rotatable bonds is 8. The predicted octanol–water partition coefficient (Wildman–Crippen LogP) is 1.96. The molecule has 102 valence electrons. The highest BCUT2D eigenvalue weighted by atomic mass is 16.4. The summed E-state index contributed by atoms with van der Waals surface area (Å²) < 4.78 is 5.24. The number of nitrogens with one attached hydrogen (secondary N) is 1. The van der Waals surface area contributed by atoms with Crippen molar-refractivity contribution < 1.29 is 9.62 Å². The van der Waals surface area contributed by atoms with Gasteiger partial charge in [-0.15, -0.1) is 0 Å². The van der Waals surface area contributed by atoms with E-state index >= 15 is 0 Å². The third kappa shape index (κ3) is 4.79. The van der Waals surface area contributed by atoms with Crippen LogP contribution in [0.15, 0.2) is 28.0 Å². The van der Waals surface area contributed by atoms with Gasteiger partial charge in [0, 0.05) is 18.4 Å². The molecule has 0 bridgehead atoms. The molecule has 0 aliphatic rings. The smallest absolute Gasteiger partial charge is 0.144 e. The molecule has 0 atom stereocenters. The van der Waals surface area contributed by atoms with Gasteiger partial charge >= 0.3 is 0 Å². The Bertz CT molecular complexity index is 358. The molecule has 1 rings (SSSR count). The Morgan fingerprint density at radius 1 is 1.50 bits per heavy atom. The molecule has 1 aromatic heterocycles. The van der Waals surface area contributed by atoms with Crippen LogP contribution in [-0.4, -0.2) is 24.1 Å². The quantitative estimate of drug-likeness (QED) is 0.217. The summed E-state index contributed by atoms with van der Waals surface area (Å²) in [7, 11) is 0. The van der Waals surface area contributed by atoms with E-state index in [1.54, 1.807) is 6.26 Å². The van der Waals surface area contributed by atoms with E-state index in [-0.39, 0.29) is 11.3 Å². The molecule has 0 amide bonds. The van der Waals surface area contributed by atoms with E-state index in [1.165, 1.54) is 0 Å². The molecule has 0 aliphatic heterocycles. The molecule has 5 heteroatoms. The van der Waals surface area contributed by atoms with Crippen molar-refractivity contribution in [3.8, 4) is 0 Å². The van der Waals surface area contributed by atoms with Crippen LogP contribution in [0.25, 0.3) is 0 Å². The number of furan rings is 1. The summed E-state index contributed by atoms with van der Waals surface area (Å²) in [5.74, 6) is 1.29. The highest BCUT2D eigenvalue weighted by molar-refractivity contribution is 5.85. The Morgan fingerprint density at radius 2 is 2.28 bits per heavy atom. The summed E-state index contributed by atoms with van der Waals surface area (Å²) in [6.07, 6.45) is 4.46. The highest BCUT2D eigenvalue weighted by Crippen LogP contribution is 2.21. The van der Waals surface area contributed by atoms with Gasteiger partial charge in [0.2, 0.25) is 0 Å². The van der Waals surface area contributed by atoms with Gasteiger partial charge < -0.3 is 20.7 Å². The van der Waals surface area contributed by atoms with Crippen molar-refractivity contribution in [3.63, 3.8) is 0 Å². The molecule has 1 heterocycles. The highest BCUT2D eigenvalue weighted by Gasteiger charge is 2.22. The first-order valence-electron chi connectivity index (χ1n) is 6.27. The van der Waals surface area contributed by atoms with Crippen LogP contribution in [0.1, 0.15) is 32.4 Å². The third-order valence-electron chi connectivity index (χ3n) is 3.08. The monoisotopic (exact) mass is 253 g/mol. The van der Waals surface area contributed by atoms with E-state index < -0.39 is 0 Å². The SMILES string of the molecule is CC(C)(CCCNCCc1ccco1)C(N)=NO. The molecule has 0 aliphatic carbocycles. The molecule has 4 N–H and O–H groups in total. The summed E-state index contributed by atoms with van der Waals surface area (Å²) >= 11 is 0. The van der Waals surface area contributed by atoms with E-state index in [9.17, 15) is 0 Å². The molecular formula is C13H23N3O2. The van der Waals surface area contributed by atoms with Gasteiger partial charge in [-0.2, -0.15) is 0 Å². The Kier molecular flexibility index (Phi) is 5.71. The van der Waals surface area contributed by atoms with E-state index in [1.807, 2.05) is 26.0 Å². The predicted molar refractivity (Wildman–Crippen MR) is 71.7 cm³/mol. The van der Waals surface area contributed by atoms with Gasteiger partial charge in [-0.05, 0) is 31.5 Å². The van der Waals surface area contributed by atoms with E-state index in [4.69, 9.17) is 15.4 Å². The first-order chi connectivity index (χ1) is 8.56. The summed E-state index contributed by atoms with van der Waals surface area (Å²) in [6, 6.07) is 3.87. The number of amidine groups is 1. The average Bonchev–Trinajstić information content (AvgIpc) is 2.85. The summed E-state index contributed by atoms with van der Waals surface area (Å²) in [6.45, 7) is 5.77. The van der Waals surface area contributed by atoms with Crippen molar-refractivity contribution in [1.29, 1.82) is 0 Å². The summed E-state index contributed by atoms with van der Waals surface area (Å²) in [4.78, 5) is 0. The average molecular weight is 253 g/mol. The Hall–Kier alpha value is -1.49. The van der Waals surface area contributed by atoms with Crippen molar-refractivity contribution in [2.24, 2.45) is 16.3 Å². The van der Waals surface area contributed by atoms with Crippen molar-refractivity contribution >= 4 is 5.84 Å². The first-order valence-corrected chi connectivity index (χ1v) is 6.27. The number of hydrogen-bond acceptors (Lipinski definition) is 4. The van der Waals surface area contributed by atoms with Crippen LogP contribution in [0, 0.1) is 5.41 Å². The second-order valence-electron chi connectivity index (χ2n) is 5.05. The van der Waals surface area contributed by atoms with Gasteiger partial charge in [0.1, 0.15) is 11.6 Å². The van der Waals surface area contributed by atoms with Crippen LogP contribution in [0.3, 0.4) is 0 Å². The van der Waals surface area contributed by atoms with Crippen molar-refractivity contribution in [1.82, 2.24) is 5.32 Å². The lowest BCUT2D eigenvalue weighted by Crippen LogP contribution is -2.32. The number of hydrogen-bond donors (Lipinski definition) is 3. The van der Waals surface area contributed by atoms with Crippen LogP contribution < -0.4 is 11.1 Å². The van der Waals surface area contributed by atoms with Crippen LogP contribution in [0.2, 0.25) is 0 Å². The molecule has 0 fully saturated rings. The van der Waals surface area contributed by atoms with E-state index in [2.05, 4.69) is 10.5 Å². The zero-order valence-electron chi connectivity index (χ0n) is 11.1. The molecule has 0 saturated carbocycles. The minimum absolute atomic E-state index is 0.253. The fourth-order valence-corrected chi connectivity index (χ4v) is 1.71.